The summed E-state index contributed by atoms with van der Waals surface area (Å²) in [6.45, 7) is 2.90. The molecular formula is C10H21ClN2O3. The van der Waals surface area contributed by atoms with E-state index in [4.69, 9.17) is 15.2 Å². The van der Waals surface area contributed by atoms with Gasteiger partial charge in [-0.3, -0.25) is 4.79 Å². The average Bonchev–Trinajstić information content (AvgIpc) is 2.74. The standard InChI is InChI=1S/C10H20N2O3.ClH/c11-4-5-12-10(13)3-7-14-8-9-2-1-6-15-9;/h9H,1-8,11H2,(H,12,13);1H. The van der Waals surface area contributed by atoms with E-state index in [1.165, 1.54) is 0 Å². The van der Waals surface area contributed by atoms with Crippen LogP contribution in [0, 0.1) is 0 Å². The van der Waals surface area contributed by atoms with Gasteiger partial charge in [0, 0.05) is 26.1 Å². The normalized spacial score (nSPS) is 19.2. The van der Waals surface area contributed by atoms with Crippen molar-refractivity contribution in [3.05, 3.63) is 0 Å². The first-order valence-electron chi connectivity index (χ1n) is 5.49. The summed E-state index contributed by atoms with van der Waals surface area (Å²) in [7, 11) is 0. The minimum Gasteiger partial charge on any atom is -0.378 e. The van der Waals surface area contributed by atoms with Crippen molar-refractivity contribution in [2.75, 3.05) is 32.9 Å². The molecule has 6 heteroatoms. The molecule has 0 bridgehead atoms. The van der Waals surface area contributed by atoms with Crippen LogP contribution in [0.25, 0.3) is 0 Å². The van der Waals surface area contributed by atoms with Crippen LogP contribution in [0.3, 0.4) is 0 Å². The molecular weight excluding hydrogens is 232 g/mol. The summed E-state index contributed by atoms with van der Waals surface area (Å²) in [5.74, 6) is -0.00668. The second-order valence-corrected chi connectivity index (χ2v) is 3.60. The first-order valence-corrected chi connectivity index (χ1v) is 5.49. The Hall–Kier alpha value is -0.360. The Morgan fingerprint density at radius 1 is 1.56 bits per heavy atom. The number of amides is 1. The van der Waals surface area contributed by atoms with Gasteiger partial charge in [-0.25, -0.2) is 0 Å². The molecule has 1 saturated heterocycles. The number of hydrogen-bond donors (Lipinski definition) is 2. The monoisotopic (exact) mass is 252 g/mol. The SMILES string of the molecule is Cl.NCCNC(=O)CCOCC1CCCO1. The molecule has 3 N–H and O–H groups in total. The number of hydrogen-bond acceptors (Lipinski definition) is 4. The van der Waals surface area contributed by atoms with E-state index in [-0.39, 0.29) is 24.4 Å². The molecule has 1 heterocycles. The molecule has 1 aliphatic rings. The van der Waals surface area contributed by atoms with Gasteiger partial charge < -0.3 is 20.5 Å². The van der Waals surface area contributed by atoms with Gasteiger partial charge in [0.25, 0.3) is 0 Å². The number of halogens is 1. The van der Waals surface area contributed by atoms with Crippen LogP contribution in [-0.2, 0) is 14.3 Å². The zero-order valence-corrected chi connectivity index (χ0v) is 10.3. The average molecular weight is 253 g/mol. The van der Waals surface area contributed by atoms with Gasteiger partial charge in [-0.2, -0.15) is 0 Å². The summed E-state index contributed by atoms with van der Waals surface area (Å²) in [5.41, 5.74) is 5.25. The quantitative estimate of drug-likeness (QED) is 0.629. The maximum absolute atomic E-state index is 11.1. The number of nitrogens with one attached hydrogen (secondary N) is 1. The highest BCUT2D eigenvalue weighted by Crippen LogP contribution is 2.11. The summed E-state index contributed by atoms with van der Waals surface area (Å²) in [5, 5.41) is 2.69. The van der Waals surface area contributed by atoms with Crippen molar-refractivity contribution < 1.29 is 14.3 Å². The Bertz CT molecular complexity index is 187. The molecule has 1 fully saturated rings. The first kappa shape index (κ1) is 15.6. The first-order chi connectivity index (χ1) is 7.33. The van der Waals surface area contributed by atoms with Crippen LogP contribution in [0.2, 0.25) is 0 Å². The number of ether oxygens (including phenoxy) is 2. The maximum atomic E-state index is 11.1. The lowest BCUT2D eigenvalue weighted by molar-refractivity contribution is -0.122. The molecule has 1 unspecified atom stereocenters. The predicted molar refractivity (Wildman–Crippen MR) is 63.7 cm³/mol. The van der Waals surface area contributed by atoms with E-state index in [0.29, 0.717) is 32.7 Å². The largest absolute Gasteiger partial charge is 0.378 e. The van der Waals surface area contributed by atoms with Crippen molar-refractivity contribution in [2.45, 2.75) is 25.4 Å². The van der Waals surface area contributed by atoms with Gasteiger partial charge in [-0.1, -0.05) is 0 Å². The van der Waals surface area contributed by atoms with Crippen LogP contribution in [-0.4, -0.2) is 44.9 Å². The highest BCUT2D eigenvalue weighted by atomic mass is 35.5. The molecule has 16 heavy (non-hydrogen) atoms. The zero-order chi connectivity index (χ0) is 10.9. The second-order valence-electron chi connectivity index (χ2n) is 3.60. The van der Waals surface area contributed by atoms with Gasteiger partial charge in [0.15, 0.2) is 0 Å². The van der Waals surface area contributed by atoms with Gasteiger partial charge in [-0.15, -0.1) is 12.4 Å². The Labute approximate surface area is 102 Å². The topological polar surface area (TPSA) is 73.6 Å². The van der Waals surface area contributed by atoms with Crippen LogP contribution >= 0.6 is 12.4 Å². The number of carbonyl (C=O) groups excluding carboxylic acids is 1. The van der Waals surface area contributed by atoms with Crippen LogP contribution in [0.1, 0.15) is 19.3 Å². The molecule has 1 atom stereocenters. The second kappa shape index (κ2) is 9.84. The number of nitrogens with two attached hydrogens (primary N) is 1. The van der Waals surface area contributed by atoms with E-state index in [0.717, 1.165) is 19.4 Å². The lowest BCUT2D eigenvalue weighted by atomic mass is 10.2. The smallest absolute Gasteiger partial charge is 0.222 e. The van der Waals surface area contributed by atoms with E-state index in [1.54, 1.807) is 0 Å². The van der Waals surface area contributed by atoms with E-state index < -0.39 is 0 Å². The van der Waals surface area contributed by atoms with Crippen molar-refractivity contribution in [3.63, 3.8) is 0 Å². The van der Waals surface area contributed by atoms with Crippen molar-refractivity contribution in [1.82, 2.24) is 5.32 Å². The summed E-state index contributed by atoms with van der Waals surface area (Å²) < 4.78 is 10.7. The third kappa shape index (κ3) is 7.00. The fourth-order valence-electron chi connectivity index (χ4n) is 1.46. The molecule has 0 aromatic rings. The Morgan fingerprint density at radius 2 is 2.38 bits per heavy atom. The van der Waals surface area contributed by atoms with Crippen molar-refractivity contribution in [3.8, 4) is 0 Å². The van der Waals surface area contributed by atoms with Gasteiger partial charge in [0.05, 0.1) is 19.3 Å². The predicted octanol–water partition coefficient (Wildman–Crippen LogP) is 0.0688. The van der Waals surface area contributed by atoms with Crippen molar-refractivity contribution in [2.24, 2.45) is 5.73 Å². The van der Waals surface area contributed by atoms with Crippen molar-refractivity contribution in [1.29, 1.82) is 0 Å². The zero-order valence-electron chi connectivity index (χ0n) is 9.44. The highest BCUT2D eigenvalue weighted by molar-refractivity contribution is 5.85. The summed E-state index contributed by atoms with van der Waals surface area (Å²) in [4.78, 5) is 11.1. The lowest BCUT2D eigenvalue weighted by Gasteiger charge is -2.09. The summed E-state index contributed by atoms with van der Waals surface area (Å²) in [6.07, 6.45) is 2.81. The third-order valence-electron chi connectivity index (χ3n) is 2.27. The lowest BCUT2D eigenvalue weighted by Crippen LogP contribution is -2.30. The molecule has 0 saturated carbocycles. The fourth-order valence-corrected chi connectivity index (χ4v) is 1.46. The molecule has 1 rings (SSSR count). The van der Waals surface area contributed by atoms with E-state index >= 15 is 0 Å². The minimum absolute atomic E-state index is 0. The number of carbonyl (C=O) groups is 1. The van der Waals surface area contributed by atoms with Gasteiger partial charge >= 0.3 is 0 Å². The number of rotatable bonds is 7. The van der Waals surface area contributed by atoms with Crippen LogP contribution in [0.4, 0.5) is 0 Å². The van der Waals surface area contributed by atoms with E-state index in [1.807, 2.05) is 0 Å². The van der Waals surface area contributed by atoms with Crippen LogP contribution < -0.4 is 11.1 Å². The molecule has 5 nitrogen and oxygen atoms in total. The summed E-state index contributed by atoms with van der Waals surface area (Å²) >= 11 is 0. The van der Waals surface area contributed by atoms with Gasteiger partial charge in [-0.05, 0) is 12.8 Å². The molecule has 0 aromatic carbocycles. The molecule has 1 amide bonds. The van der Waals surface area contributed by atoms with Crippen LogP contribution in [0.5, 0.6) is 0 Å². The maximum Gasteiger partial charge on any atom is 0.222 e. The van der Waals surface area contributed by atoms with Crippen molar-refractivity contribution >= 4 is 18.3 Å². The molecule has 1 aliphatic heterocycles. The van der Waals surface area contributed by atoms with Gasteiger partial charge in [0.2, 0.25) is 5.91 Å². The molecule has 0 radical (unpaired) electrons. The van der Waals surface area contributed by atoms with Crippen LogP contribution in [0.15, 0.2) is 0 Å². The van der Waals surface area contributed by atoms with E-state index in [2.05, 4.69) is 5.32 Å². The third-order valence-corrected chi connectivity index (χ3v) is 2.27. The minimum atomic E-state index is -0.00668. The highest BCUT2D eigenvalue weighted by Gasteiger charge is 2.15. The summed E-state index contributed by atoms with van der Waals surface area (Å²) in [6, 6.07) is 0. The Kier molecular flexibility index (Phi) is 9.62. The Morgan fingerprint density at radius 3 is 3.00 bits per heavy atom. The molecule has 0 spiro atoms. The fraction of sp³-hybridized carbons (Fsp3) is 0.900. The Balaban J connectivity index is 0.00000225. The molecule has 0 aliphatic carbocycles. The molecule has 0 aromatic heterocycles. The van der Waals surface area contributed by atoms with E-state index in [9.17, 15) is 4.79 Å². The molecule has 96 valence electrons. The van der Waals surface area contributed by atoms with Gasteiger partial charge in [0.1, 0.15) is 0 Å².